The fourth-order valence-corrected chi connectivity index (χ4v) is 12.0. The Morgan fingerprint density at radius 3 is 2.26 bits per heavy atom. The molecule has 0 saturated heterocycles. The van der Waals surface area contributed by atoms with Crippen molar-refractivity contribution in [3.8, 4) is 0 Å². The molecule has 5 aliphatic carbocycles. The lowest BCUT2D eigenvalue weighted by Gasteiger charge is -2.72. The largest absolute Gasteiger partial charge is 0.465 e. The Balaban J connectivity index is 1.33. The van der Waals surface area contributed by atoms with Gasteiger partial charge < -0.3 is 10.1 Å². The second kappa shape index (κ2) is 8.69. The van der Waals surface area contributed by atoms with Gasteiger partial charge in [0.2, 0.25) is 0 Å². The summed E-state index contributed by atoms with van der Waals surface area (Å²) in [6.45, 7) is 13.2. The first-order valence-corrected chi connectivity index (χ1v) is 15.6. The highest BCUT2D eigenvalue weighted by Crippen LogP contribution is 2.76. The van der Waals surface area contributed by atoms with Crippen LogP contribution in [0.5, 0.6) is 0 Å². The zero-order valence-electron chi connectivity index (χ0n) is 25.1. The van der Waals surface area contributed by atoms with Crippen LogP contribution in [0.25, 0.3) is 5.57 Å². The van der Waals surface area contributed by atoms with Crippen LogP contribution in [0.4, 0.5) is 0 Å². The standard InChI is InChI=1S/C35H51NO2/c1-31(2)25(23-10-12-24(13-11-23)30(37)38-7)16-19-32(3)28(31)17-20-34(5)29(32)15-14-26-27-9-8-18-35(27,36-6)22-21-33(26,34)4/h10-13,16,26-29,36H,8-9,14-15,17-22H2,1-7H3/t26?,27-,28?,29-,32?,33-,34?,35?/m1/s1. The Hall–Kier alpha value is -1.61. The van der Waals surface area contributed by atoms with Crippen molar-refractivity contribution in [1.29, 1.82) is 0 Å². The van der Waals surface area contributed by atoms with Gasteiger partial charge in [0.05, 0.1) is 12.7 Å². The monoisotopic (exact) mass is 517 g/mol. The van der Waals surface area contributed by atoms with Crippen molar-refractivity contribution in [2.24, 2.45) is 45.3 Å². The number of hydrogen-bond acceptors (Lipinski definition) is 3. The van der Waals surface area contributed by atoms with E-state index < -0.39 is 0 Å². The van der Waals surface area contributed by atoms with Crippen LogP contribution in [0.3, 0.4) is 0 Å². The van der Waals surface area contributed by atoms with E-state index in [0.717, 1.165) is 17.8 Å². The number of allylic oxidation sites excluding steroid dienone is 2. The number of carbonyl (C=O) groups excluding carboxylic acids is 1. The molecule has 1 N–H and O–H groups in total. The first-order chi connectivity index (χ1) is 18.0. The topological polar surface area (TPSA) is 38.3 Å². The lowest BCUT2D eigenvalue weighted by molar-refractivity contribution is -0.216. The Morgan fingerprint density at radius 2 is 1.58 bits per heavy atom. The van der Waals surface area contributed by atoms with E-state index in [-0.39, 0.29) is 11.4 Å². The third-order valence-corrected chi connectivity index (χ3v) is 14.1. The molecule has 1 aromatic carbocycles. The molecule has 0 bridgehead atoms. The summed E-state index contributed by atoms with van der Waals surface area (Å²) >= 11 is 0. The van der Waals surface area contributed by atoms with Crippen LogP contribution in [-0.2, 0) is 4.74 Å². The van der Waals surface area contributed by atoms with Crippen molar-refractivity contribution in [2.75, 3.05) is 14.2 Å². The average molecular weight is 518 g/mol. The van der Waals surface area contributed by atoms with Gasteiger partial charge in [0.1, 0.15) is 0 Å². The summed E-state index contributed by atoms with van der Waals surface area (Å²) in [6, 6.07) is 8.14. The summed E-state index contributed by atoms with van der Waals surface area (Å²) in [5, 5.41) is 3.88. The summed E-state index contributed by atoms with van der Waals surface area (Å²) in [5.41, 5.74) is 5.12. The van der Waals surface area contributed by atoms with Crippen LogP contribution in [0.15, 0.2) is 30.3 Å². The number of benzene rings is 1. The van der Waals surface area contributed by atoms with Crippen LogP contribution < -0.4 is 5.32 Å². The average Bonchev–Trinajstić information content (AvgIpc) is 3.33. The van der Waals surface area contributed by atoms with Crippen LogP contribution >= 0.6 is 0 Å². The third-order valence-electron chi connectivity index (χ3n) is 14.1. The third kappa shape index (κ3) is 3.32. The zero-order valence-corrected chi connectivity index (χ0v) is 25.1. The van der Waals surface area contributed by atoms with E-state index in [9.17, 15) is 4.79 Å². The van der Waals surface area contributed by atoms with Gasteiger partial charge in [-0.25, -0.2) is 4.79 Å². The molecule has 6 rings (SSSR count). The van der Waals surface area contributed by atoms with Gasteiger partial charge in [-0.3, -0.25) is 0 Å². The van der Waals surface area contributed by atoms with Gasteiger partial charge in [0, 0.05) is 5.54 Å². The molecule has 8 atom stereocenters. The second-order valence-electron chi connectivity index (χ2n) is 15.2. The van der Waals surface area contributed by atoms with Gasteiger partial charge in [-0.2, -0.15) is 0 Å². The molecule has 3 nitrogen and oxygen atoms in total. The molecule has 0 spiro atoms. The maximum Gasteiger partial charge on any atom is 0.337 e. The number of fused-ring (bicyclic) bond motifs is 7. The molecule has 4 fully saturated rings. The van der Waals surface area contributed by atoms with Crippen molar-refractivity contribution in [3.63, 3.8) is 0 Å². The molecule has 5 aliphatic rings. The Bertz CT molecular complexity index is 1140. The number of nitrogens with one attached hydrogen (secondary N) is 1. The molecule has 3 heteroatoms. The fourth-order valence-electron chi connectivity index (χ4n) is 12.0. The first kappa shape index (κ1) is 26.6. The number of esters is 1. The highest BCUT2D eigenvalue weighted by molar-refractivity contribution is 5.89. The number of methoxy groups -OCH3 is 1. The van der Waals surface area contributed by atoms with E-state index in [1.807, 2.05) is 12.1 Å². The van der Waals surface area contributed by atoms with E-state index >= 15 is 0 Å². The molecule has 4 saturated carbocycles. The maximum atomic E-state index is 12.0. The molecule has 0 heterocycles. The van der Waals surface area contributed by atoms with E-state index in [4.69, 9.17) is 4.74 Å². The molecule has 0 amide bonds. The van der Waals surface area contributed by atoms with Crippen molar-refractivity contribution in [2.45, 2.75) is 104 Å². The molecule has 208 valence electrons. The quantitative estimate of drug-likeness (QED) is 0.410. The van der Waals surface area contributed by atoms with Gasteiger partial charge in [-0.05, 0) is 133 Å². The number of rotatable bonds is 3. The molecule has 1 aromatic rings. The SMILES string of the molecule is CNC12CCC[C@@H]1C1CC[C@@H]3C4(C)CC=C(c5ccc(C(=O)OC)cc5)C(C)(C)C4CCC3(C)[C@]1(C)CC2. The number of carbonyl (C=O) groups is 1. The van der Waals surface area contributed by atoms with Crippen LogP contribution in [0.2, 0.25) is 0 Å². The van der Waals surface area contributed by atoms with E-state index in [1.165, 1.54) is 82.5 Å². The Kier molecular flexibility index (Phi) is 6.09. The number of ether oxygens (including phenoxy) is 1. The van der Waals surface area contributed by atoms with Crippen molar-refractivity contribution >= 4 is 11.5 Å². The van der Waals surface area contributed by atoms with Gasteiger partial charge in [0.15, 0.2) is 0 Å². The van der Waals surface area contributed by atoms with E-state index in [0.29, 0.717) is 33.3 Å². The summed E-state index contributed by atoms with van der Waals surface area (Å²) in [4.78, 5) is 12.0. The predicted molar refractivity (Wildman–Crippen MR) is 156 cm³/mol. The van der Waals surface area contributed by atoms with Crippen molar-refractivity contribution < 1.29 is 9.53 Å². The number of hydrogen-bond donors (Lipinski definition) is 1. The molecule has 0 aliphatic heterocycles. The van der Waals surface area contributed by atoms with E-state index in [2.05, 4.69) is 65.2 Å². The molecule has 38 heavy (non-hydrogen) atoms. The minimum absolute atomic E-state index is 0.109. The maximum absolute atomic E-state index is 12.0. The van der Waals surface area contributed by atoms with Crippen LogP contribution in [0.1, 0.15) is 115 Å². The van der Waals surface area contributed by atoms with Gasteiger partial charge in [-0.15, -0.1) is 0 Å². The molecule has 0 aromatic heterocycles. The molecule has 5 unspecified atom stereocenters. The normalized spacial score (nSPS) is 45.2. The van der Waals surface area contributed by atoms with Gasteiger partial charge in [-0.1, -0.05) is 59.2 Å². The molecule has 0 radical (unpaired) electrons. The lowest BCUT2D eigenvalue weighted by Crippen LogP contribution is -2.67. The van der Waals surface area contributed by atoms with Gasteiger partial charge in [0.25, 0.3) is 0 Å². The Morgan fingerprint density at radius 1 is 0.842 bits per heavy atom. The summed E-state index contributed by atoms with van der Waals surface area (Å²) in [7, 11) is 3.70. The lowest BCUT2D eigenvalue weighted by atomic mass is 9.33. The summed E-state index contributed by atoms with van der Waals surface area (Å²) in [6.07, 6.45) is 16.3. The molecular formula is C35H51NO2. The summed E-state index contributed by atoms with van der Waals surface area (Å²) in [5.74, 6) is 2.96. The zero-order chi connectivity index (χ0) is 27.1. The van der Waals surface area contributed by atoms with E-state index in [1.54, 1.807) is 0 Å². The second-order valence-corrected chi connectivity index (χ2v) is 15.2. The first-order valence-electron chi connectivity index (χ1n) is 15.6. The highest BCUT2D eigenvalue weighted by Gasteiger charge is 2.69. The molecular weight excluding hydrogens is 466 g/mol. The Labute approximate surface area is 231 Å². The predicted octanol–water partition coefficient (Wildman–Crippen LogP) is 8.29. The van der Waals surface area contributed by atoms with Crippen LogP contribution in [0, 0.1) is 45.3 Å². The minimum Gasteiger partial charge on any atom is -0.465 e. The smallest absolute Gasteiger partial charge is 0.337 e. The minimum atomic E-state index is -0.260. The van der Waals surface area contributed by atoms with Crippen molar-refractivity contribution in [3.05, 3.63) is 41.5 Å². The van der Waals surface area contributed by atoms with Crippen molar-refractivity contribution in [1.82, 2.24) is 5.32 Å². The van der Waals surface area contributed by atoms with Gasteiger partial charge >= 0.3 is 5.97 Å². The fraction of sp³-hybridized carbons (Fsp3) is 0.743. The summed E-state index contributed by atoms with van der Waals surface area (Å²) < 4.78 is 4.93. The highest BCUT2D eigenvalue weighted by atomic mass is 16.5. The van der Waals surface area contributed by atoms with Crippen LogP contribution in [-0.4, -0.2) is 25.7 Å².